The molecule has 0 radical (unpaired) electrons. The molecule has 29 heavy (non-hydrogen) atoms. The van der Waals surface area contributed by atoms with Crippen LogP contribution in [0.15, 0.2) is 8.42 Å². The second-order valence-electron chi connectivity index (χ2n) is 7.43. The fraction of sp³-hybridized carbons (Fsp3) is 0.909. The quantitative estimate of drug-likeness (QED) is 0.0904. The summed E-state index contributed by atoms with van der Waals surface area (Å²) in [5.41, 5.74) is 0. The molecule has 0 aromatic rings. The van der Waals surface area contributed by atoms with Crippen LogP contribution in [-0.4, -0.2) is 44.0 Å². The van der Waals surface area contributed by atoms with Gasteiger partial charge in [0.1, 0.15) is 0 Å². The first-order valence-corrected chi connectivity index (χ1v) is 21.9. The van der Waals surface area contributed by atoms with E-state index in [1.54, 1.807) is 11.8 Å². The van der Waals surface area contributed by atoms with E-state index in [1.807, 2.05) is 20.8 Å². The first kappa shape index (κ1) is 29.8. The summed E-state index contributed by atoms with van der Waals surface area (Å²) in [7, 11) is -3.36. The van der Waals surface area contributed by atoms with Crippen molar-refractivity contribution in [1.29, 1.82) is 0 Å². The molecule has 0 rings (SSSR count). The second kappa shape index (κ2) is 17.4. The summed E-state index contributed by atoms with van der Waals surface area (Å²) in [6, 6.07) is 0. The minimum atomic E-state index is -3.36. The Morgan fingerprint density at radius 1 is 0.759 bits per heavy atom. The SMILES string of the molecule is CCC[CH2][Sn]([CH2]CCC)([CH2]CCC)/[C](=C(/OCC)SCC)P(=O)(OCC)OCC. The van der Waals surface area contributed by atoms with E-state index in [1.165, 1.54) is 51.8 Å². The van der Waals surface area contributed by atoms with Gasteiger partial charge in [0, 0.05) is 0 Å². The molecule has 0 bridgehead atoms. The van der Waals surface area contributed by atoms with E-state index >= 15 is 0 Å². The molecule has 0 aliphatic carbocycles. The molecule has 174 valence electrons. The maximum atomic E-state index is 14.3. The summed E-state index contributed by atoms with van der Waals surface area (Å²) < 4.78 is 37.1. The average molecular weight is 557 g/mol. The molecule has 0 saturated carbocycles. The van der Waals surface area contributed by atoms with Crippen molar-refractivity contribution in [2.24, 2.45) is 0 Å². The number of thioether (sulfide) groups is 1. The molecule has 0 aliphatic heterocycles. The summed E-state index contributed by atoms with van der Waals surface area (Å²) in [4.78, 5) is 0. The molecule has 0 saturated heterocycles. The van der Waals surface area contributed by atoms with Crippen LogP contribution in [0.1, 0.15) is 87.0 Å². The average Bonchev–Trinajstić information content (AvgIpc) is 2.69. The summed E-state index contributed by atoms with van der Waals surface area (Å²) in [5.74, 6) is 0.897. The van der Waals surface area contributed by atoms with Crippen LogP contribution in [0.2, 0.25) is 13.3 Å². The Bertz CT molecular complexity index is 459. The standard InChI is InChI=1S/C10H20O4PS.3C4H9.Sn/c1-5-12-10(16-8-4)9-15(11,13-6-2)14-7-3;3*1-3-4-2;/h5-8H2,1-4H3;3*1,3-4H2,2H3;. The van der Waals surface area contributed by atoms with Crippen LogP contribution < -0.4 is 0 Å². The molecule has 0 unspecified atom stereocenters. The molecule has 0 N–H and O–H groups in total. The second-order valence-corrected chi connectivity index (χ2v) is 24.8. The normalized spacial score (nSPS) is 13.5. The Hall–Kier alpha value is 0.839. The van der Waals surface area contributed by atoms with Gasteiger partial charge in [-0.25, -0.2) is 0 Å². The topological polar surface area (TPSA) is 44.8 Å². The minimum absolute atomic E-state index is 0.397. The Labute approximate surface area is 189 Å². The zero-order valence-corrected chi connectivity index (χ0v) is 24.7. The zero-order valence-electron chi connectivity index (χ0n) is 20.2. The van der Waals surface area contributed by atoms with Crippen molar-refractivity contribution in [1.82, 2.24) is 0 Å². The fourth-order valence-electron chi connectivity index (χ4n) is 3.84. The molecule has 0 fully saturated rings. The first-order chi connectivity index (χ1) is 13.9. The van der Waals surface area contributed by atoms with Gasteiger partial charge in [0.25, 0.3) is 0 Å². The molecule has 0 atom stereocenters. The van der Waals surface area contributed by atoms with Crippen molar-refractivity contribution in [3.8, 4) is 0 Å². The van der Waals surface area contributed by atoms with Crippen molar-refractivity contribution in [3.05, 3.63) is 8.42 Å². The van der Waals surface area contributed by atoms with Crippen LogP contribution in [-0.2, 0) is 18.3 Å². The molecule has 4 nitrogen and oxygen atoms in total. The van der Waals surface area contributed by atoms with Crippen molar-refractivity contribution in [2.75, 3.05) is 25.6 Å². The van der Waals surface area contributed by atoms with Gasteiger partial charge in [-0.05, 0) is 0 Å². The van der Waals surface area contributed by atoms with Crippen molar-refractivity contribution in [3.63, 3.8) is 0 Å². The van der Waals surface area contributed by atoms with Crippen molar-refractivity contribution < 1.29 is 18.3 Å². The molecular formula is C22H47O4PSSn. The summed E-state index contributed by atoms with van der Waals surface area (Å²) in [5, 5.41) is 0.874. The van der Waals surface area contributed by atoms with Crippen molar-refractivity contribution >= 4 is 37.7 Å². The third-order valence-corrected chi connectivity index (χ3v) is 28.9. The van der Waals surface area contributed by atoms with Crippen LogP contribution in [0.5, 0.6) is 0 Å². The summed E-state index contributed by atoms with van der Waals surface area (Å²) in [6.45, 7) is 16.1. The molecule has 0 amide bonds. The molecule has 7 heteroatoms. The fourth-order valence-corrected chi connectivity index (χ4v) is 31.7. The van der Waals surface area contributed by atoms with Crippen LogP contribution in [0, 0.1) is 0 Å². The Balaban J connectivity index is 6.84. The van der Waals surface area contributed by atoms with E-state index in [0.29, 0.717) is 19.8 Å². The molecule has 0 aliphatic rings. The van der Waals surface area contributed by atoms with Gasteiger partial charge in [-0.1, -0.05) is 0 Å². The number of rotatable bonds is 19. The van der Waals surface area contributed by atoms with Gasteiger partial charge in [0.05, 0.1) is 0 Å². The van der Waals surface area contributed by atoms with Crippen LogP contribution in [0.3, 0.4) is 0 Å². The Morgan fingerprint density at radius 3 is 1.52 bits per heavy atom. The van der Waals surface area contributed by atoms with Gasteiger partial charge in [0.2, 0.25) is 0 Å². The van der Waals surface area contributed by atoms with Crippen LogP contribution in [0.25, 0.3) is 0 Å². The van der Waals surface area contributed by atoms with E-state index in [4.69, 9.17) is 13.8 Å². The van der Waals surface area contributed by atoms with Gasteiger partial charge < -0.3 is 0 Å². The molecular weight excluding hydrogens is 510 g/mol. The molecule has 0 heterocycles. The van der Waals surface area contributed by atoms with E-state index in [9.17, 15) is 4.57 Å². The summed E-state index contributed by atoms with van der Waals surface area (Å²) >= 11 is -1.40. The first-order valence-electron chi connectivity index (χ1n) is 11.8. The van der Waals surface area contributed by atoms with Gasteiger partial charge in [0.15, 0.2) is 0 Å². The summed E-state index contributed by atoms with van der Waals surface area (Å²) in [6.07, 6.45) is 7.10. The zero-order chi connectivity index (χ0) is 22.2. The van der Waals surface area contributed by atoms with Crippen molar-refractivity contribution in [2.45, 2.75) is 100 Å². The van der Waals surface area contributed by atoms with E-state index in [-0.39, 0.29) is 0 Å². The molecule has 0 spiro atoms. The number of ether oxygens (including phenoxy) is 1. The number of unbranched alkanes of at least 4 members (excludes halogenated alkanes) is 3. The Morgan fingerprint density at radius 2 is 1.21 bits per heavy atom. The number of hydrogen-bond acceptors (Lipinski definition) is 5. The predicted molar refractivity (Wildman–Crippen MR) is 133 cm³/mol. The molecule has 0 aromatic carbocycles. The third-order valence-electron chi connectivity index (χ3n) is 5.15. The van der Waals surface area contributed by atoms with Crippen LogP contribution in [0.4, 0.5) is 0 Å². The van der Waals surface area contributed by atoms with Gasteiger partial charge in [-0.15, -0.1) is 0 Å². The van der Waals surface area contributed by atoms with Gasteiger partial charge in [-0.2, -0.15) is 0 Å². The van der Waals surface area contributed by atoms with Crippen LogP contribution >= 0.6 is 19.4 Å². The van der Waals surface area contributed by atoms with Gasteiger partial charge in [-0.3, -0.25) is 0 Å². The van der Waals surface area contributed by atoms with E-state index in [0.717, 1.165) is 14.2 Å². The monoisotopic (exact) mass is 558 g/mol. The molecule has 0 aromatic heterocycles. The third kappa shape index (κ3) is 9.89. The van der Waals surface area contributed by atoms with E-state index < -0.39 is 26.0 Å². The van der Waals surface area contributed by atoms with E-state index in [2.05, 4.69) is 27.7 Å². The Kier molecular flexibility index (Phi) is 17.9. The number of hydrogen-bond donors (Lipinski definition) is 0. The predicted octanol–water partition coefficient (Wildman–Crippen LogP) is 8.60. The van der Waals surface area contributed by atoms with Gasteiger partial charge >= 0.3 is 190 Å². The maximum absolute atomic E-state index is 14.3.